The number of pyridine rings is 1. The topological polar surface area (TPSA) is 22.9 Å². The van der Waals surface area contributed by atoms with Crippen molar-refractivity contribution in [3.8, 4) is 22.6 Å². The molecular formula is C24H30FNO2Si. The zero-order valence-electron chi connectivity index (χ0n) is 18.0. The van der Waals surface area contributed by atoms with E-state index in [1.54, 1.807) is 12.1 Å². The first-order valence-electron chi connectivity index (χ1n) is 10.7. The Morgan fingerprint density at radius 3 is 2.48 bits per heavy atom. The van der Waals surface area contributed by atoms with Gasteiger partial charge in [-0.2, -0.15) is 0 Å². The van der Waals surface area contributed by atoms with E-state index in [1.165, 1.54) is 11.8 Å². The third kappa shape index (κ3) is 3.16. The van der Waals surface area contributed by atoms with Crippen LogP contribution in [0.25, 0.3) is 16.6 Å². The number of rotatable bonds is 5. The predicted octanol–water partition coefficient (Wildman–Crippen LogP) is 7.12. The number of nitrogens with zero attached hydrogens (tertiary/aromatic N) is 1. The molecule has 154 valence electrons. The molecule has 0 amide bonds. The summed E-state index contributed by atoms with van der Waals surface area (Å²) in [4.78, 5) is 0. The number of hydrogen-bond donors (Lipinski definition) is 0. The maximum atomic E-state index is 14.4. The molecule has 3 heterocycles. The van der Waals surface area contributed by atoms with Crippen LogP contribution in [0.3, 0.4) is 0 Å². The van der Waals surface area contributed by atoms with Gasteiger partial charge >= 0.3 is 8.56 Å². The molecule has 0 fully saturated rings. The fraction of sp³-hybridized carbons (Fsp3) is 0.417. The molecule has 29 heavy (non-hydrogen) atoms. The van der Waals surface area contributed by atoms with Crippen molar-refractivity contribution in [2.24, 2.45) is 0 Å². The summed E-state index contributed by atoms with van der Waals surface area (Å²) in [5, 5.41) is 0. The summed E-state index contributed by atoms with van der Waals surface area (Å²) in [5.41, 5.74) is 4.49. The van der Waals surface area contributed by atoms with Crippen LogP contribution in [0.2, 0.25) is 11.1 Å². The molecule has 1 aliphatic rings. The molecule has 4 rings (SSSR count). The Balaban J connectivity index is 2.10. The molecule has 0 spiro atoms. The summed E-state index contributed by atoms with van der Waals surface area (Å²) in [7, 11) is -2.68. The van der Waals surface area contributed by atoms with Crippen molar-refractivity contribution in [2.75, 3.05) is 0 Å². The Morgan fingerprint density at radius 1 is 1.03 bits per heavy atom. The van der Waals surface area contributed by atoms with Gasteiger partial charge in [0.1, 0.15) is 17.3 Å². The minimum absolute atomic E-state index is 0.240. The normalized spacial score (nSPS) is 15.0. The number of fused-ring (bicyclic) bond motifs is 5. The SMILES string of the molecule is CCCCc1c2c(c3ccccn13)O[Si](C(C)C)(C(C)C)Oc1ccc(F)cc1-2. The summed E-state index contributed by atoms with van der Waals surface area (Å²) in [6, 6.07) is 11.1. The average Bonchev–Trinajstić information content (AvgIpc) is 2.90. The highest BCUT2D eigenvalue weighted by molar-refractivity contribution is 6.72. The standard InChI is InChI=1S/C24H30FNO2Si/c1-6-7-10-20-23-19-15-18(25)12-13-22(19)27-29(16(2)3,17(4)5)28-24(23)21-11-8-9-14-26(20)21/h8-9,11-17H,6-7,10H2,1-5H3. The summed E-state index contributed by atoms with van der Waals surface area (Å²) < 4.78 is 30.3. The van der Waals surface area contributed by atoms with E-state index in [9.17, 15) is 4.39 Å². The summed E-state index contributed by atoms with van der Waals surface area (Å²) in [6.45, 7) is 10.9. The number of hydrogen-bond acceptors (Lipinski definition) is 2. The third-order valence-corrected chi connectivity index (χ3v) is 10.3. The van der Waals surface area contributed by atoms with Crippen molar-refractivity contribution >= 4 is 14.1 Å². The van der Waals surface area contributed by atoms with E-state index in [-0.39, 0.29) is 16.9 Å². The molecule has 0 N–H and O–H groups in total. The van der Waals surface area contributed by atoms with Crippen LogP contribution < -0.4 is 8.85 Å². The van der Waals surface area contributed by atoms with Crippen LogP contribution in [-0.2, 0) is 6.42 Å². The smallest absolute Gasteiger partial charge is 0.465 e. The first kappa shape index (κ1) is 20.0. The molecular weight excluding hydrogens is 381 g/mol. The van der Waals surface area contributed by atoms with Gasteiger partial charge in [0.25, 0.3) is 0 Å². The van der Waals surface area contributed by atoms with Gasteiger partial charge in [-0.15, -0.1) is 0 Å². The zero-order valence-corrected chi connectivity index (χ0v) is 19.0. The lowest BCUT2D eigenvalue weighted by atomic mass is 10.0. The minimum atomic E-state index is -2.68. The monoisotopic (exact) mass is 411 g/mol. The zero-order chi connectivity index (χ0) is 20.8. The first-order chi connectivity index (χ1) is 13.9. The highest BCUT2D eigenvalue weighted by atomic mass is 28.4. The van der Waals surface area contributed by atoms with E-state index >= 15 is 0 Å². The molecule has 2 aromatic heterocycles. The Hall–Kier alpha value is -2.27. The molecule has 0 radical (unpaired) electrons. The van der Waals surface area contributed by atoms with Gasteiger partial charge in [0.05, 0.1) is 5.52 Å². The highest BCUT2D eigenvalue weighted by Gasteiger charge is 2.52. The molecule has 0 saturated carbocycles. The Labute approximate surface area is 173 Å². The van der Waals surface area contributed by atoms with Gasteiger partial charge in [0, 0.05) is 34.1 Å². The molecule has 3 nitrogen and oxygen atoms in total. The van der Waals surface area contributed by atoms with E-state index in [0.717, 1.165) is 47.4 Å². The fourth-order valence-corrected chi connectivity index (χ4v) is 7.86. The van der Waals surface area contributed by atoms with Crippen LogP contribution in [0.4, 0.5) is 4.39 Å². The van der Waals surface area contributed by atoms with E-state index in [4.69, 9.17) is 8.85 Å². The lowest BCUT2D eigenvalue weighted by molar-refractivity contribution is 0.359. The van der Waals surface area contributed by atoms with E-state index in [1.807, 2.05) is 12.1 Å². The lowest BCUT2D eigenvalue weighted by Crippen LogP contribution is -2.53. The summed E-state index contributed by atoms with van der Waals surface area (Å²) in [6.07, 6.45) is 5.16. The molecule has 1 aliphatic heterocycles. The molecule has 0 atom stereocenters. The summed E-state index contributed by atoms with van der Waals surface area (Å²) >= 11 is 0. The third-order valence-electron chi connectivity index (χ3n) is 6.02. The number of unbranched alkanes of at least 4 members (excludes halogenated alkanes) is 1. The molecule has 3 aromatic rings. The maximum absolute atomic E-state index is 14.4. The van der Waals surface area contributed by atoms with Crippen LogP contribution in [0.1, 0.15) is 53.2 Å². The number of halogens is 1. The largest absolute Gasteiger partial charge is 0.511 e. The molecule has 0 saturated heterocycles. The van der Waals surface area contributed by atoms with E-state index in [2.05, 4.69) is 51.3 Å². The summed E-state index contributed by atoms with van der Waals surface area (Å²) in [5.74, 6) is 1.35. The van der Waals surface area contributed by atoms with Crippen LogP contribution in [-0.4, -0.2) is 13.0 Å². The molecule has 0 unspecified atom stereocenters. The number of benzene rings is 1. The maximum Gasteiger partial charge on any atom is 0.465 e. The first-order valence-corrected chi connectivity index (χ1v) is 12.7. The van der Waals surface area contributed by atoms with Crippen molar-refractivity contribution < 1.29 is 13.2 Å². The van der Waals surface area contributed by atoms with Crippen LogP contribution >= 0.6 is 0 Å². The number of aromatic nitrogens is 1. The van der Waals surface area contributed by atoms with Gasteiger partial charge in [-0.05, 0) is 43.2 Å². The van der Waals surface area contributed by atoms with E-state index in [0.29, 0.717) is 0 Å². The second-order valence-corrected chi connectivity index (χ2v) is 12.7. The molecule has 0 bridgehead atoms. The Morgan fingerprint density at radius 2 is 1.79 bits per heavy atom. The Kier molecular flexibility index (Phi) is 5.19. The van der Waals surface area contributed by atoms with Gasteiger partial charge in [-0.3, -0.25) is 0 Å². The van der Waals surface area contributed by atoms with Crippen molar-refractivity contribution in [1.82, 2.24) is 4.40 Å². The van der Waals surface area contributed by atoms with Crippen molar-refractivity contribution in [3.05, 3.63) is 54.1 Å². The van der Waals surface area contributed by atoms with Crippen LogP contribution in [0.5, 0.6) is 11.5 Å². The van der Waals surface area contributed by atoms with Gasteiger partial charge in [0.15, 0.2) is 0 Å². The van der Waals surface area contributed by atoms with Crippen molar-refractivity contribution in [2.45, 2.75) is 65.0 Å². The average molecular weight is 412 g/mol. The van der Waals surface area contributed by atoms with Crippen molar-refractivity contribution in [1.29, 1.82) is 0 Å². The van der Waals surface area contributed by atoms with Gasteiger partial charge < -0.3 is 13.3 Å². The molecule has 0 aliphatic carbocycles. The van der Waals surface area contributed by atoms with Crippen LogP contribution in [0, 0.1) is 5.82 Å². The van der Waals surface area contributed by atoms with Gasteiger partial charge in [-0.1, -0.05) is 47.1 Å². The second-order valence-electron chi connectivity index (χ2n) is 8.59. The van der Waals surface area contributed by atoms with Gasteiger partial charge in [0.2, 0.25) is 0 Å². The predicted molar refractivity (Wildman–Crippen MR) is 119 cm³/mol. The van der Waals surface area contributed by atoms with E-state index < -0.39 is 8.56 Å². The Bertz CT molecular complexity index is 1030. The highest BCUT2D eigenvalue weighted by Crippen LogP contribution is 2.51. The van der Waals surface area contributed by atoms with Gasteiger partial charge in [-0.25, -0.2) is 4.39 Å². The minimum Gasteiger partial charge on any atom is -0.511 e. The number of aryl methyl sites for hydroxylation is 1. The van der Waals surface area contributed by atoms with Crippen LogP contribution in [0.15, 0.2) is 42.6 Å². The quantitative estimate of drug-likeness (QED) is 0.417. The molecule has 5 heteroatoms. The second kappa shape index (κ2) is 7.52. The fourth-order valence-electron chi connectivity index (χ4n) is 4.49. The molecule has 1 aromatic carbocycles. The van der Waals surface area contributed by atoms with Crippen molar-refractivity contribution in [3.63, 3.8) is 0 Å². The lowest BCUT2D eigenvalue weighted by Gasteiger charge is -2.36.